The smallest absolute Gasteiger partial charge is 0.227 e. The lowest BCUT2D eigenvalue weighted by atomic mass is 10.1. The third-order valence-corrected chi connectivity index (χ3v) is 5.63. The number of rotatable bonds is 9. The summed E-state index contributed by atoms with van der Waals surface area (Å²) in [6.07, 6.45) is 2.58. The number of anilines is 1. The Morgan fingerprint density at radius 2 is 1.78 bits per heavy atom. The molecule has 1 aliphatic heterocycles. The fourth-order valence-corrected chi connectivity index (χ4v) is 3.75. The van der Waals surface area contributed by atoms with Crippen molar-refractivity contribution < 1.29 is 4.79 Å². The second-order valence-corrected chi connectivity index (χ2v) is 8.20. The maximum atomic E-state index is 11.9. The number of hydrogen-bond donors (Lipinski definition) is 2. The van der Waals surface area contributed by atoms with Crippen LogP contribution in [0.25, 0.3) is 0 Å². The number of aliphatic imine (C=N–C) groups is 1. The molecule has 2 aromatic rings. The first-order chi connectivity index (χ1) is 15.1. The Morgan fingerprint density at radius 1 is 1.06 bits per heavy atom. The number of hydrogen-bond acceptors (Lipinski definition) is 3. The largest absolute Gasteiger partial charge is 0.357 e. The van der Waals surface area contributed by atoms with Crippen molar-refractivity contribution in [2.45, 2.75) is 38.8 Å². The first-order valence-corrected chi connectivity index (χ1v) is 11.2. The Balaban J connectivity index is 0.00000363. The minimum Gasteiger partial charge on any atom is -0.357 e. The van der Waals surface area contributed by atoms with E-state index < -0.39 is 0 Å². The van der Waals surface area contributed by atoms with E-state index in [1.54, 1.807) is 0 Å². The van der Waals surface area contributed by atoms with E-state index in [1.165, 1.54) is 5.56 Å². The van der Waals surface area contributed by atoms with E-state index in [9.17, 15) is 4.79 Å². The molecule has 1 saturated heterocycles. The summed E-state index contributed by atoms with van der Waals surface area (Å²) in [5.74, 6) is 1.04. The number of carbonyl (C=O) groups is 1. The number of nitrogens with zero attached hydrogens (tertiary/aromatic N) is 3. The number of likely N-dealkylation sites (N-methyl/N-ethyl adjacent to an activating group) is 1. The lowest BCUT2D eigenvalue weighted by Gasteiger charge is -2.25. The van der Waals surface area contributed by atoms with Crippen LogP contribution < -0.4 is 15.5 Å². The lowest BCUT2D eigenvalue weighted by molar-refractivity contribution is -0.117. The monoisotopic (exact) mass is 549 g/mol. The van der Waals surface area contributed by atoms with Crippen molar-refractivity contribution in [2.24, 2.45) is 4.99 Å². The highest BCUT2D eigenvalue weighted by molar-refractivity contribution is 14.0. The van der Waals surface area contributed by atoms with Gasteiger partial charge >= 0.3 is 0 Å². The van der Waals surface area contributed by atoms with Crippen LogP contribution in [-0.2, 0) is 17.8 Å². The van der Waals surface area contributed by atoms with Gasteiger partial charge in [-0.15, -0.1) is 24.0 Å². The molecule has 0 radical (unpaired) electrons. The molecule has 7 heteroatoms. The molecule has 174 valence electrons. The van der Waals surface area contributed by atoms with Crippen molar-refractivity contribution in [3.8, 4) is 0 Å². The molecule has 6 nitrogen and oxygen atoms in total. The topological polar surface area (TPSA) is 60.0 Å². The molecule has 1 atom stereocenters. The predicted octanol–water partition coefficient (Wildman–Crippen LogP) is 3.66. The summed E-state index contributed by atoms with van der Waals surface area (Å²) >= 11 is 0. The zero-order valence-electron chi connectivity index (χ0n) is 19.4. The normalized spacial score (nSPS) is 14.9. The van der Waals surface area contributed by atoms with Crippen LogP contribution in [0.5, 0.6) is 0 Å². The minimum absolute atomic E-state index is 0. The van der Waals surface area contributed by atoms with Crippen LogP contribution in [0.3, 0.4) is 0 Å². The molecule has 1 heterocycles. The van der Waals surface area contributed by atoms with E-state index in [0.29, 0.717) is 19.0 Å². The van der Waals surface area contributed by atoms with E-state index in [2.05, 4.69) is 79.0 Å². The van der Waals surface area contributed by atoms with Gasteiger partial charge in [0.25, 0.3) is 0 Å². The summed E-state index contributed by atoms with van der Waals surface area (Å²) in [4.78, 5) is 20.8. The fraction of sp³-hybridized carbons (Fsp3) is 0.440. The number of guanidine groups is 1. The highest BCUT2D eigenvalue weighted by Crippen LogP contribution is 2.21. The number of benzene rings is 2. The van der Waals surface area contributed by atoms with E-state index >= 15 is 0 Å². The summed E-state index contributed by atoms with van der Waals surface area (Å²) in [7, 11) is 4.23. The lowest BCUT2D eigenvalue weighted by Crippen LogP contribution is -2.46. The molecular weight excluding hydrogens is 513 g/mol. The molecule has 3 rings (SSSR count). The standard InChI is InChI=1S/C25H35N5O.HI/c1-4-26-25(28-19-23(29(2)3)17-20-9-6-5-7-10-20)27-18-21-12-14-22(15-13-21)30-16-8-11-24(30)31;/h5-7,9-10,12-15,23H,4,8,11,16-19H2,1-3H3,(H2,26,27,28);1H. The second-order valence-electron chi connectivity index (χ2n) is 8.20. The van der Waals surface area contributed by atoms with E-state index in [0.717, 1.165) is 49.7 Å². The third kappa shape index (κ3) is 7.78. The highest BCUT2D eigenvalue weighted by atomic mass is 127. The summed E-state index contributed by atoms with van der Waals surface area (Å²) in [5.41, 5.74) is 3.44. The zero-order valence-corrected chi connectivity index (χ0v) is 21.7. The van der Waals surface area contributed by atoms with E-state index in [1.807, 2.05) is 17.0 Å². The van der Waals surface area contributed by atoms with Gasteiger partial charge in [-0.25, -0.2) is 4.99 Å². The number of nitrogens with one attached hydrogen (secondary N) is 2. The van der Waals surface area contributed by atoms with Gasteiger partial charge in [0.2, 0.25) is 5.91 Å². The summed E-state index contributed by atoms with van der Waals surface area (Å²) < 4.78 is 0. The number of halogens is 1. The molecule has 2 N–H and O–H groups in total. The van der Waals surface area contributed by atoms with Gasteiger partial charge in [-0.05, 0) is 57.1 Å². The van der Waals surface area contributed by atoms with Crippen molar-refractivity contribution in [3.63, 3.8) is 0 Å². The zero-order chi connectivity index (χ0) is 22.1. The van der Waals surface area contributed by atoms with Crippen molar-refractivity contribution in [1.29, 1.82) is 0 Å². The highest BCUT2D eigenvalue weighted by Gasteiger charge is 2.21. The van der Waals surface area contributed by atoms with Crippen molar-refractivity contribution in [2.75, 3.05) is 38.6 Å². The van der Waals surface area contributed by atoms with Gasteiger partial charge in [0.1, 0.15) is 0 Å². The quantitative estimate of drug-likeness (QED) is 0.285. The Hall–Kier alpha value is -2.13. The number of carbonyl (C=O) groups excluding carboxylic acids is 1. The first-order valence-electron chi connectivity index (χ1n) is 11.2. The van der Waals surface area contributed by atoms with Gasteiger partial charge in [0.05, 0.1) is 6.54 Å². The van der Waals surface area contributed by atoms with Gasteiger partial charge in [0.15, 0.2) is 5.96 Å². The summed E-state index contributed by atoms with van der Waals surface area (Å²) in [5, 5.41) is 6.84. The van der Waals surface area contributed by atoms with Gasteiger partial charge in [0, 0.05) is 37.8 Å². The van der Waals surface area contributed by atoms with Crippen LogP contribution in [-0.4, -0.2) is 56.5 Å². The molecule has 0 spiro atoms. The first kappa shape index (κ1) is 26.1. The van der Waals surface area contributed by atoms with Gasteiger partial charge in [-0.2, -0.15) is 0 Å². The van der Waals surface area contributed by atoms with E-state index in [4.69, 9.17) is 4.99 Å². The predicted molar refractivity (Wildman–Crippen MR) is 144 cm³/mol. The third-order valence-electron chi connectivity index (χ3n) is 5.63. The fourth-order valence-electron chi connectivity index (χ4n) is 3.75. The molecule has 0 aromatic heterocycles. The average Bonchev–Trinajstić information content (AvgIpc) is 3.21. The summed E-state index contributed by atoms with van der Waals surface area (Å²) in [6, 6.07) is 19.1. The average molecular weight is 550 g/mol. The molecule has 2 aromatic carbocycles. The SMILES string of the molecule is CCNC(=NCc1ccc(N2CCCC2=O)cc1)NCC(Cc1ccccc1)N(C)C.I. The van der Waals surface area contributed by atoms with Crippen LogP contribution in [0.15, 0.2) is 59.6 Å². The van der Waals surface area contributed by atoms with Crippen molar-refractivity contribution in [3.05, 3.63) is 65.7 Å². The summed E-state index contributed by atoms with van der Waals surface area (Å²) in [6.45, 7) is 5.11. The Morgan fingerprint density at radius 3 is 2.38 bits per heavy atom. The molecule has 1 amide bonds. The molecular formula is C25H36IN5O. The maximum absolute atomic E-state index is 11.9. The van der Waals surface area contributed by atoms with Gasteiger partial charge in [-0.1, -0.05) is 42.5 Å². The Kier molecular flexibility index (Phi) is 11.0. The Labute approximate surface area is 209 Å². The van der Waals surface area contributed by atoms with Crippen LogP contribution in [0.4, 0.5) is 5.69 Å². The minimum atomic E-state index is 0. The van der Waals surface area contributed by atoms with Crippen LogP contribution in [0, 0.1) is 0 Å². The van der Waals surface area contributed by atoms with Crippen molar-refractivity contribution >= 4 is 41.5 Å². The molecule has 1 aliphatic rings. The van der Waals surface area contributed by atoms with E-state index in [-0.39, 0.29) is 29.9 Å². The number of amides is 1. The molecule has 0 bridgehead atoms. The van der Waals surface area contributed by atoms with Crippen LogP contribution in [0.1, 0.15) is 30.9 Å². The molecule has 0 saturated carbocycles. The van der Waals surface area contributed by atoms with Crippen LogP contribution >= 0.6 is 24.0 Å². The molecule has 1 unspecified atom stereocenters. The van der Waals surface area contributed by atoms with Gasteiger partial charge in [-0.3, -0.25) is 4.79 Å². The maximum Gasteiger partial charge on any atom is 0.227 e. The molecule has 0 aliphatic carbocycles. The second kappa shape index (κ2) is 13.4. The van der Waals surface area contributed by atoms with Crippen LogP contribution in [0.2, 0.25) is 0 Å². The van der Waals surface area contributed by atoms with Crippen molar-refractivity contribution in [1.82, 2.24) is 15.5 Å². The van der Waals surface area contributed by atoms with Gasteiger partial charge < -0.3 is 20.4 Å². The Bertz CT molecular complexity index is 854. The molecule has 32 heavy (non-hydrogen) atoms. The molecule has 1 fully saturated rings.